The molecule has 0 aliphatic carbocycles. The number of rotatable bonds is 9. The Morgan fingerprint density at radius 2 is 1.90 bits per heavy atom. The highest BCUT2D eigenvalue weighted by molar-refractivity contribution is 7.99. The van der Waals surface area contributed by atoms with Gasteiger partial charge in [-0.1, -0.05) is 24.1 Å². The summed E-state index contributed by atoms with van der Waals surface area (Å²) >= 11 is 1.50. The van der Waals surface area contributed by atoms with Gasteiger partial charge in [-0.05, 0) is 29.8 Å². The number of amides is 1. The Balaban J connectivity index is 1.78. The van der Waals surface area contributed by atoms with E-state index in [1.807, 2.05) is 30.5 Å². The Kier molecular flexibility index (Phi) is 6.71. The predicted octanol–water partition coefficient (Wildman–Crippen LogP) is 4.13. The number of hydrogen-bond acceptors (Lipinski definition) is 8. The Morgan fingerprint density at radius 3 is 2.57 bits per heavy atom. The molecule has 0 aliphatic heterocycles. The molecule has 0 unspecified atom stereocenters. The molecule has 0 aliphatic rings. The fourth-order valence-electron chi connectivity index (χ4n) is 2.73. The molecule has 0 spiro atoms. The quantitative estimate of drug-likeness (QED) is 0.229. The van der Waals surface area contributed by atoms with Crippen molar-refractivity contribution in [1.29, 1.82) is 0 Å². The maximum atomic E-state index is 11.8. The minimum atomic E-state index is -0.622. The average Bonchev–Trinajstić information content (AvgIpc) is 2.74. The number of hydrogen-bond donors (Lipinski definition) is 4. The molecular formula is C20H20N6O3S. The van der Waals surface area contributed by atoms with Crippen molar-refractivity contribution in [1.82, 2.24) is 4.98 Å². The van der Waals surface area contributed by atoms with Crippen LogP contribution in [0.1, 0.15) is 15.9 Å². The highest BCUT2D eigenvalue weighted by atomic mass is 32.2. The molecule has 1 amide bonds. The van der Waals surface area contributed by atoms with Crippen molar-refractivity contribution in [2.45, 2.75) is 6.54 Å². The topological polar surface area (TPSA) is 135 Å². The van der Waals surface area contributed by atoms with E-state index in [4.69, 9.17) is 5.73 Å². The molecule has 0 saturated heterocycles. The first-order valence-corrected chi connectivity index (χ1v) is 10.1. The normalized spacial score (nSPS) is 10.3. The van der Waals surface area contributed by atoms with E-state index in [1.165, 1.54) is 30.3 Å². The summed E-state index contributed by atoms with van der Waals surface area (Å²) in [6, 6.07) is 15.6. The van der Waals surface area contributed by atoms with Crippen LogP contribution in [0.25, 0.3) is 0 Å². The van der Waals surface area contributed by atoms with Crippen LogP contribution in [0.4, 0.5) is 28.6 Å². The molecule has 1 heterocycles. The lowest BCUT2D eigenvalue weighted by Gasteiger charge is -2.13. The summed E-state index contributed by atoms with van der Waals surface area (Å²) in [7, 11) is 0. The van der Waals surface area contributed by atoms with Gasteiger partial charge in [0.05, 0.1) is 16.2 Å². The van der Waals surface area contributed by atoms with Crippen LogP contribution < -0.4 is 21.1 Å². The molecular weight excluding hydrogens is 404 g/mol. The van der Waals surface area contributed by atoms with Gasteiger partial charge in [0.25, 0.3) is 11.6 Å². The van der Waals surface area contributed by atoms with Crippen LogP contribution in [0.3, 0.4) is 0 Å². The number of nitrogens with one attached hydrogen (secondary N) is 3. The summed E-state index contributed by atoms with van der Waals surface area (Å²) in [5.74, 6) is -0.102. The SMILES string of the molecule is CSNc1ccc(Nc2cc(NCc3cccc([N+](=O)[O-])c3)c(C(N)=O)cn2)cc1. The Labute approximate surface area is 177 Å². The van der Waals surface area contributed by atoms with Crippen LogP contribution >= 0.6 is 11.9 Å². The average molecular weight is 424 g/mol. The van der Waals surface area contributed by atoms with Crippen molar-refractivity contribution in [3.05, 3.63) is 82.0 Å². The fourth-order valence-corrected chi connectivity index (χ4v) is 3.10. The zero-order valence-corrected chi connectivity index (χ0v) is 16.9. The van der Waals surface area contributed by atoms with Crippen LogP contribution in [0, 0.1) is 10.1 Å². The van der Waals surface area contributed by atoms with Crippen molar-refractivity contribution in [2.24, 2.45) is 5.73 Å². The molecule has 10 heteroatoms. The van der Waals surface area contributed by atoms with Gasteiger partial charge in [0, 0.05) is 48.6 Å². The molecule has 0 atom stereocenters. The summed E-state index contributed by atoms with van der Waals surface area (Å²) < 4.78 is 3.14. The molecule has 3 rings (SSSR count). The lowest BCUT2D eigenvalue weighted by Crippen LogP contribution is -2.15. The number of nitrogens with zero attached hydrogens (tertiary/aromatic N) is 2. The lowest BCUT2D eigenvalue weighted by atomic mass is 10.1. The van der Waals surface area contributed by atoms with E-state index < -0.39 is 10.8 Å². The highest BCUT2D eigenvalue weighted by Gasteiger charge is 2.12. The number of nitrogens with two attached hydrogens (primary N) is 1. The van der Waals surface area contributed by atoms with E-state index in [0.29, 0.717) is 17.1 Å². The number of primary amides is 1. The van der Waals surface area contributed by atoms with Gasteiger partial charge in [-0.15, -0.1) is 0 Å². The Bertz CT molecular complexity index is 1060. The van der Waals surface area contributed by atoms with E-state index in [-0.39, 0.29) is 17.8 Å². The van der Waals surface area contributed by atoms with Gasteiger partial charge in [0.15, 0.2) is 0 Å². The van der Waals surface area contributed by atoms with Crippen molar-refractivity contribution in [3.8, 4) is 0 Å². The second-order valence-corrected chi connectivity index (χ2v) is 6.88. The standard InChI is InChI=1S/C20H20N6O3S/c1-30-25-15-7-5-14(6-8-15)24-19-10-18(17(12-23-19)20(21)27)22-11-13-3-2-4-16(9-13)26(28)29/h2-10,12,25H,11H2,1H3,(H2,21,27)(H2,22,23,24). The smallest absolute Gasteiger partial charge is 0.269 e. The van der Waals surface area contributed by atoms with Crippen molar-refractivity contribution >= 4 is 46.4 Å². The van der Waals surface area contributed by atoms with Gasteiger partial charge in [0.2, 0.25) is 0 Å². The van der Waals surface area contributed by atoms with Gasteiger partial charge in [-0.25, -0.2) is 4.98 Å². The van der Waals surface area contributed by atoms with Crippen LogP contribution in [-0.2, 0) is 6.54 Å². The number of nitro groups is 1. The van der Waals surface area contributed by atoms with E-state index in [9.17, 15) is 14.9 Å². The molecule has 3 aromatic rings. The van der Waals surface area contributed by atoms with E-state index in [0.717, 1.165) is 11.4 Å². The number of non-ortho nitro benzene ring substituents is 1. The third-order valence-corrected chi connectivity index (χ3v) is 4.59. The predicted molar refractivity (Wildman–Crippen MR) is 120 cm³/mol. The summed E-state index contributed by atoms with van der Waals surface area (Å²) in [6.07, 6.45) is 3.34. The minimum absolute atomic E-state index is 0.000850. The van der Waals surface area contributed by atoms with Crippen molar-refractivity contribution < 1.29 is 9.72 Å². The maximum absolute atomic E-state index is 11.8. The largest absolute Gasteiger partial charge is 0.380 e. The number of pyridine rings is 1. The second-order valence-electron chi connectivity index (χ2n) is 6.27. The molecule has 154 valence electrons. The monoisotopic (exact) mass is 424 g/mol. The van der Waals surface area contributed by atoms with Crippen LogP contribution in [0.2, 0.25) is 0 Å². The molecule has 5 N–H and O–H groups in total. The van der Waals surface area contributed by atoms with E-state index in [1.54, 1.807) is 18.2 Å². The Hall–Kier alpha value is -3.79. The minimum Gasteiger partial charge on any atom is -0.380 e. The molecule has 1 aromatic heterocycles. The first kappa shape index (κ1) is 20.9. The van der Waals surface area contributed by atoms with Gasteiger partial charge < -0.3 is 21.1 Å². The molecule has 2 aromatic carbocycles. The number of carbonyl (C=O) groups is 1. The van der Waals surface area contributed by atoms with Crippen LogP contribution in [0.15, 0.2) is 60.8 Å². The highest BCUT2D eigenvalue weighted by Crippen LogP contribution is 2.24. The zero-order valence-electron chi connectivity index (χ0n) is 16.1. The Morgan fingerprint density at radius 1 is 1.17 bits per heavy atom. The van der Waals surface area contributed by atoms with Gasteiger partial charge in [-0.3, -0.25) is 14.9 Å². The van der Waals surface area contributed by atoms with Crippen LogP contribution in [-0.4, -0.2) is 22.1 Å². The number of anilines is 4. The van der Waals surface area contributed by atoms with Crippen molar-refractivity contribution in [2.75, 3.05) is 21.6 Å². The molecule has 0 fully saturated rings. The third kappa shape index (κ3) is 5.39. The number of aromatic nitrogens is 1. The summed E-state index contributed by atoms with van der Waals surface area (Å²) in [5.41, 5.74) is 8.66. The van der Waals surface area contributed by atoms with E-state index >= 15 is 0 Å². The first-order chi connectivity index (χ1) is 14.5. The fraction of sp³-hybridized carbons (Fsp3) is 0.100. The zero-order chi connectivity index (χ0) is 21.5. The van der Waals surface area contributed by atoms with Crippen LogP contribution in [0.5, 0.6) is 0 Å². The number of carbonyl (C=O) groups excluding carboxylic acids is 1. The number of nitro benzene ring substituents is 1. The summed E-state index contributed by atoms with van der Waals surface area (Å²) in [6.45, 7) is 0.278. The van der Waals surface area contributed by atoms with E-state index in [2.05, 4.69) is 20.3 Å². The molecule has 9 nitrogen and oxygen atoms in total. The molecule has 0 saturated carbocycles. The van der Waals surface area contributed by atoms with Gasteiger partial charge >= 0.3 is 0 Å². The summed E-state index contributed by atoms with van der Waals surface area (Å²) in [5, 5.41) is 17.2. The second kappa shape index (κ2) is 9.61. The van der Waals surface area contributed by atoms with Gasteiger partial charge in [-0.2, -0.15) is 0 Å². The first-order valence-electron chi connectivity index (χ1n) is 8.89. The molecule has 0 bridgehead atoms. The van der Waals surface area contributed by atoms with Gasteiger partial charge in [0.1, 0.15) is 5.82 Å². The lowest BCUT2D eigenvalue weighted by molar-refractivity contribution is -0.384. The molecule has 0 radical (unpaired) electrons. The van der Waals surface area contributed by atoms with Crippen molar-refractivity contribution in [3.63, 3.8) is 0 Å². The summed E-state index contributed by atoms with van der Waals surface area (Å²) in [4.78, 5) is 26.5. The third-order valence-electron chi connectivity index (χ3n) is 4.15. The molecule has 30 heavy (non-hydrogen) atoms. The number of benzene rings is 2. The maximum Gasteiger partial charge on any atom is 0.269 e.